The van der Waals surface area contributed by atoms with E-state index in [4.69, 9.17) is 11.5 Å². The Labute approximate surface area is 139 Å². The molecule has 1 aromatic heterocycles. The van der Waals surface area contributed by atoms with Gasteiger partial charge in [-0.25, -0.2) is 4.98 Å². The Bertz CT molecular complexity index is 731. The summed E-state index contributed by atoms with van der Waals surface area (Å²) in [6.07, 6.45) is 0. The summed E-state index contributed by atoms with van der Waals surface area (Å²) in [5, 5.41) is 9.26. The van der Waals surface area contributed by atoms with E-state index in [1.807, 2.05) is 23.9 Å². The summed E-state index contributed by atoms with van der Waals surface area (Å²) >= 11 is 2.01. The molecule has 118 valence electrons. The third-order valence-electron chi connectivity index (χ3n) is 3.80. The van der Waals surface area contributed by atoms with Gasteiger partial charge in [-0.1, -0.05) is 24.3 Å². The number of nitrogen functional groups attached to an aromatic ring is 2. The van der Waals surface area contributed by atoms with E-state index in [2.05, 4.69) is 33.1 Å². The third-order valence-corrected chi connectivity index (χ3v) is 4.75. The zero-order valence-electron chi connectivity index (χ0n) is 12.7. The maximum atomic E-state index is 9.26. The molecule has 1 aliphatic heterocycles. The molecule has 0 saturated carbocycles. The summed E-state index contributed by atoms with van der Waals surface area (Å²) in [4.78, 5) is 10.5. The molecule has 0 radical (unpaired) electrons. The highest BCUT2D eigenvalue weighted by atomic mass is 32.2. The van der Waals surface area contributed by atoms with Crippen LogP contribution in [0.5, 0.6) is 0 Å². The van der Waals surface area contributed by atoms with Crippen molar-refractivity contribution < 1.29 is 0 Å². The number of nitrogens with two attached hydrogens (primary N) is 2. The van der Waals surface area contributed by atoms with E-state index < -0.39 is 0 Å². The van der Waals surface area contributed by atoms with Gasteiger partial charge in [-0.2, -0.15) is 22.0 Å². The molecule has 0 atom stereocenters. The van der Waals surface area contributed by atoms with Crippen molar-refractivity contribution in [1.29, 1.82) is 5.26 Å². The monoisotopic (exact) mass is 326 g/mol. The number of hydrogen-bond donors (Lipinski definition) is 2. The molecule has 0 bridgehead atoms. The average Bonchev–Trinajstić information content (AvgIpc) is 2.56. The van der Waals surface area contributed by atoms with Gasteiger partial charge in [-0.05, 0) is 5.56 Å². The lowest BCUT2D eigenvalue weighted by Crippen LogP contribution is -2.31. The molecule has 0 aliphatic carbocycles. The van der Waals surface area contributed by atoms with Gasteiger partial charge in [0.1, 0.15) is 17.5 Å². The fourth-order valence-corrected chi connectivity index (χ4v) is 3.58. The smallest absolute Gasteiger partial charge is 0.222 e. The summed E-state index contributed by atoms with van der Waals surface area (Å²) in [7, 11) is 0. The number of aromatic nitrogens is 2. The summed E-state index contributed by atoms with van der Waals surface area (Å²) in [6, 6.07) is 10.1. The fourth-order valence-electron chi connectivity index (χ4n) is 2.60. The molecule has 2 heterocycles. The summed E-state index contributed by atoms with van der Waals surface area (Å²) in [5.41, 5.74) is 14.2. The zero-order valence-corrected chi connectivity index (χ0v) is 13.5. The molecular weight excluding hydrogens is 308 g/mol. The van der Waals surface area contributed by atoms with Crippen molar-refractivity contribution in [2.24, 2.45) is 0 Å². The van der Waals surface area contributed by atoms with E-state index >= 15 is 0 Å². The molecule has 1 aromatic carbocycles. The van der Waals surface area contributed by atoms with Crippen molar-refractivity contribution in [1.82, 2.24) is 14.9 Å². The molecule has 23 heavy (non-hydrogen) atoms. The Morgan fingerprint density at radius 1 is 1.13 bits per heavy atom. The van der Waals surface area contributed by atoms with Gasteiger partial charge in [0.2, 0.25) is 5.95 Å². The van der Waals surface area contributed by atoms with Crippen molar-refractivity contribution in [3.63, 3.8) is 0 Å². The molecule has 0 spiro atoms. The molecule has 7 heteroatoms. The second-order valence-electron chi connectivity index (χ2n) is 5.39. The second kappa shape index (κ2) is 6.86. The minimum Gasteiger partial charge on any atom is -0.382 e. The van der Waals surface area contributed by atoms with Crippen LogP contribution in [-0.4, -0.2) is 39.5 Å². The Morgan fingerprint density at radius 2 is 1.83 bits per heavy atom. The number of thioether (sulfide) groups is 1. The van der Waals surface area contributed by atoms with Crippen molar-refractivity contribution in [2.45, 2.75) is 6.54 Å². The number of nitriles is 1. The van der Waals surface area contributed by atoms with Crippen LogP contribution in [0.25, 0.3) is 11.3 Å². The van der Waals surface area contributed by atoms with E-state index in [0.29, 0.717) is 5.69 Å². The molecule has 1 aliphatic rings. The van der Waals surface area contributed by atoms with Crippen LogP contribution in [0.4, 0.5) is 11.8 Å². The Balaban J connectivity index is 1.84. The van der Waals surface area contributed by atoms with Crippen LogP contribution < -0.4 is 11.5 Å². The molecule has 4 N–H and O–H groups in total. The molecule has 0 amide bonds. The van der Waals surface area contributed by atoms with E-state index in [1.165, 1.54) is 17.1 Å². The Kier molecular flexibility index (Phi) is 4.65. The van der Waals surface area contributed by atoms with Crippen LogP contribution in [0.3, 0.4) is 0 Å². The maximum Gasteiger partial charge on any atom is 0.222 e. The average molecular weight is 326 g/mol. The molecule has 1 saturated heterocycles. The Morgan fingerprint density at radius 3 is 2.48 bits per heavy atom. The highest BCUT2D eigenvalue weighted by Gasteiger charge is 2.14. The topological polar surface area (TPSA) is 105 Å². The minimum atomic E-state index is 0.0754. The first kappa shape index (κ1) is 15.6. The lowest BCUT2D eigenvalue weighted by atomic mass is 10.0. The Hall–Kier alpha value is -2.30. The van der Waals surface area contributed by atoms with Gasteiger partial charge in [0, 0.05) is 36.7 Å². The predicted molar refractivity (Wildman–Crippen MR) is 93.6 cm³/mol. The first-order valence-electron chi connectivity index (χ1n) is 7.40. The van der Waals surface area contributed by atoms with E-state index in [1.54, 1.807) is 0 Å². The molecule has 0 unspecified atom stereocenters. The molecular formula is C16H18N6S. The van der Waals surface area contributed by atoms with Gasteiger partial charge in [-0.15, -0.1) is 0 Å². The van der Waals surface area contributed by atoms with E-state index in [0.717, 1.165) is 25.2 Å². The van der Waals surface area contributed by atoms with E-state index in [-0.39, 0.29) is 17.3 Å². The van der Waals surface area contributed by atoms with Gasteiger partial charge < -0.3 is 11.5 Å². The van der Waals surface area contributed by atoms with Crippen LogP contribution in [0.2, 0.25) is 0 Å². The third kappa shape index (κ3) is 3.55. The zero-order chi connectivity index (χ0) is 16.2. The van der Waals surface area contributed by atoms with Gasteiger partial charge in [0.25, 0.3) is 0 Å². The van der Waals surface area contributed by atoms with Gasteiger partial charge in [0.05, 0.1) is 5.69 Å². The van der Waals surface area contributed by atoms with Crippen molar-refractivity contribution >= 4 is 23.5 Å². The van der Waals surface area contributed by atoms with Crippen LogP contribution in [0.15, 0.2) is 24.3 Å². The summed E-state index contributed by atoms with van der Waals surface area (Å²) in [5.74, 6) is 2.59. The van der Waals surface area contributed by atoms with Crippen LogP contribution in [0, 0.1) is 11.3 Å². The fraction of sp³-hybridized carbons (Fsp3) is 0.312. The van der Waals surface area contributed by atoms with Gasteiger partial charge in [0.15, 0.2) is 0 Å². The van der Waals surface area contributed by atoms with E-state index in [9.17, 15) is 5.26 Å². The van der Waals surface area contributed by atoms with Gasteiger partial charge >= 0.3 is 0 Å². The number of nitrogens with zero attached hydrogens (tertiary/aromatic N) is 4. The summed E-state index contributed by atoms with van der Waals surface area (Å²) in [6.45, 7) is 3.20. The molecule has 2 aromatic rings. The SMILES string of the molecule is N#Cc1c(N)nc(N)nc1-c1ccc(CN2CCSCC2)cc1. The summed E-state index contributed by atoms with van der Waals surface area (Å²) < 4.78 is 0. The first-order chi connectivity index (χ1) is 11.2. The van der Waals surface area contributed by atoms with Crippen LogP contribution >= 0.6 is 11.8 Å². The molecule has 6 nitrogen and oxygen atoms in total. The number of rotatable bonds is 3. The second-order valence-corrected chi connectivity index (χ2v) is 6.61. The van der Waals surface area contributed by atoms with Crippen molar-refractivity contribution in [3.05, 3.63) is 35.4 Å². The lowest BCUT2D eigenvalue weighted by molar-refractivity contribution is 0.294. The largest absolute Gasteiger partial charge is 0.382 e. The number of benzene rings is 1. The standard InChI is InChI=1S/C16H18N6S/c17-9-13-14(20-16(19)21-15(13)18)12-3-1-11(2-4-12)10-22-5-7-23-8-6-22/h1-4H,5-8,10H2,(H4,18,19,20,21). The van der Waals surface area contributed by atoms with Gasteiger partial charge in [-0.3, -0.25) is 4.90 Å². The van der Waals surface area contributed by atoms with Crippen molar-refractivity contribution in [2.75, 3.05) is 36.1 Å². The lowest BCUT2D eigenvalue weighted by Gasteiger charge is -2.26. The minimum absolute atomic E-state index is 0.0754. The number of hydrogen-bond acceptors (Lipinski definition) is 7. The first-order valence-corrected chi connectivity index (χ1v) is 8.55. The quantitative estimate of drug-likeness (QED) is 0.885. The highest BCUT2D eigenvalue weighted by Crippen LogP contribution is 2.25. The van der Waals surface area contributed by atoms with Crippen LogP contribution in [0.1, 0.15) is 11.1 Å². The highest BCUT2D eigenvalue weighted by molar-refractivity contribution is 7.99. The predicted octanol–water partition coefficient (Wildman–Crippen LogP) is 1.73. The number of anilines is 2. The maximum absolute atomic E-state index is 9.26. The van der Waals surface area contributed by atoms with Crippen molar-refractivity contribution in [3.8, 4) is 17.3 Å². The normalized spacial score (nSPS) is 15.3. The van der Waals surface area contributed by atoms with Crippen LogP contribution in [-0.2, 0) is 6.54 Å². The molecule has 1 fully saturated rings. The molecule has 3 rings (SSSR count).